The van der Waals surface area contributed by atoms with Crippen LogP contribution in [0, 0.1) is 0 Å². The lowest BCUT2D eigenvalue weighted by Crippen LogP contribution is -2.26. The van der Waals surface area contributed by atoms with Crippen molar-refractivity contribution in [1.29, 1.82) is 0 Å². The number of hydrogen-bond donors (Lipinski definition) is 1. The lowest BCUT2D eigenvalue weighted by Gasteiger charge is -2.18. The molecule has 1 aromatic carbocycles. The highest BCUT2D eigenvalue weighted by molar-refractivity contribution is 5.33. The third kappa shape index (κ3) is 4.69. The molecule has 0 fully saturated rings. The molecular weight excluding hydrogens is 328 g/mol. The van der Waals surface area contributed by atoms with Gasteiger partial charge in [-0.15, -0.1) is 0 Å². The summed E-state index contributed by atoms with van der Waals surface area (Å²) in [5.41, 5.74) is 2.67. The number of aromatic amines is 1. The summed E-state index contributed by atoms with van der Waals surface area (Å²) >= 11 is 0. The van der Waals surface area contributed by atoms with Gasteiger partial charge in [-0.25, -0.2) is 4.98 Å². The summed E-state index contributed by atoms with van der Waals surface area (Å²) in [7, 11) is 3.55. The highest BCUT2D eigenvalue weighted by Crippen LogP contribution is 2.14. The number of rotatable bonds is 7. The summed E-state index contributed by atoms with van der Waals surface area (Å²) in [6.45, 7) is 0.714. The Kier molecular flexibility index (Phi) is 5.63. The number of methoxy groups -OCH3 is 1. The number of pyridine rings is 1. The first-order valence-electron chi connectivity index (χ1n) is 8.48. The molecule has 26 heavy (non-hydrogen) atoms. The van der Waals surface area contributed by atoms with Crippen LogP contribution in [0.2, 0.25) is 0 Å². The van der Waals surface area contributed by atoms with Gasteiger partial charge in [0.2, 0.25) is 5.95 Å². The molecule has 0 radical (unpaired) electrons. The number of nitrogens with zero attached hydrogens (tertiary/aromatic N) is 3. The molecule has 0 spiro atoms. The maximum absolute atomic E-state index is 12.0. The molecule has 1 N–H and O–H groups in total. The predicted molar refractivity (Wildman–Crippen MR) is 102 cm³/mol. The van der Waals surface area contributed by atoms with Gasteiger partial charge in [0.1, 0.15) is 5.75 Å². The van der Waals surface area contributed by atoms with Crippen LogP contribution in [-0.4, -0.2) is 35.7 Å². The van der Waals surface area contributed by atoms with Gasteiger partial charge < -0.3 is 9.64 Å². The van der Waals surface area contributed by atoms with Crippen molar-refractivity contribution in [2.24, 2.45) is 0 Å². The molecule has 0 unspecified atom stereocenters. The van der Waals surface area contributed by atoms with Crippen LogP contribution in [0.4, 0.5) is 5.95 Å². The van der Waals surface area contributed by atoms with Crippen LogP contribution in [-0.2, 0) is 12.8 Å². The summed E-state index contributed by atoms with van der Waals surface area (Å²) < 4.78 is 5.17. The zero-order valence-corrected chi connectivity index (χ0v) is 15.0. The molecule has 0 aliphatic rings. The molecule has 6 heteroatoms. The van der Waals surface area contributed by atoms with E-state index in [4.69, 9.17) is 4.74 Å². The SMILES string of the molecule is COc1ccc(Cc2cc(=O)[nH]c(N(C)CCc3ccccn3)n2)cc1. The lowest BCUT2D eigenvalue weighted by atomic mass is 10.1. The van der Waals surface area contributed by atoms with E-state index in [9.17, 15) is 4.79 Å². The number of nitrogens with one attached hydrogen (secondary N) is 1. The highest BCUT2D eigenvalue weighted by Gasteiger charge is 2.08. The van der Waals surface area contributed by atoms with Crippen molar-refractivity contribution in [2.75, 3.05) is 25.6 Å². The van der Waals surface area contributed by atoms with E-state index in [0.29, 0.717) is 18.9 Å². The monoisotopic (exact) mass is 350 g/mol. The summed E-state index contributed by atoms with van der Waals surface area (Å²) in [5, 5.41) is 0. The van der Waals surface area contributed by atoms with Crippen LogP contribution in [0.3, 0.4) is 0 Å². The van der Waals surface area contributed by atoms with Gasteiger partial charge in [0, 0.05) is 44.4 Å². The van der Waals surface area contributed by atoms with Crippen molar-refractivity contribution >= 4 is 5.95 Å². The fourth-order valence-electron chi connectivity index (χ4n) is 2.65. The van der Waals surface area contributed by atoms with Crippen LogP contribution < -0.4 is 15.2 Å². The summed E-state index contributed by atoms with van der Waals surface area (Å²) in [4.78, 5) is 25.7. The Labute approximate surface area is 152 Å². The van der Waals surface area contributed by atoms with E-state index >= 15 is 0 Å². The van der Waals surface area contributed by atoms with E-state index in [-0.39, 0.29) is 5.56 Å². The first kappa shape index (κ1) is 17.7. The second-order valence-electron chi connectivity index (χ2n) is 6.08. The van der Waals surface area contributed by atoms with Crippen LogP contribution in [0.5, 0.6) is 5.75 Å². The average molecular weight is 350 g/mol. The maximum Gasteiger partial charge on any atom is 0.252 e. The van der Waals surface area contributed by atoms with Crippen molar-refractivity contribution in [3.63, 3.8) is 0 Å². The average Bonchev–Trinajstić information content (AvgIpc) is 2.67. The number of ether oxygens (including phenoxy) is 1. The standard InChI is InChI=1S/C20H22N4O2/c1-24(12-10-16-5-3-4-11-21-16)20-22-17(14-19(25)23-20)13-15-6-8-18(26-2)9-7-15/h3-9,11,14H,10,12-13H2,1-2H3,(H,22,23,25). The summed E-state index contributed by atoms with van der Waals surface area (Å²) in [6, 6.07) is 15.2. The second kappa shape index (κ2) is 8.29. The third-order valence-electron chi connectivity index (χ3n) is 4.12. The van der Waals surface area contributed by atoms with Crippen molar-refractivity contribution in [3.8, 4) is 5.75 Å². The van der Waals surface area contributed by atoms with Crippen LogP contribution in [0.25, 0.3) is 0 Å². The smallest absolute Gasteiger partial charge is 0.252 e. The topological polar surface area (TPSA) is 71.1 Å². The quantitative estimate of drug-likeness (QED) is 0.709. The van der Waals surface area contributed by atoms with E-state index < -0.39 is 0 Å². The molecule has 134 valence electrons. The molecule has 0 bridgehead atoms. The van der Waals surface area contributed by atoms with E-state index in [1.54, 1.807) is 19.4 Å². The third-order valence-corrected chi connectivity index (χ3v) is 4.12. The normalized spacial score (nSPS) is 10.5. The highest BCUT2D eigenvalue weighted by atomic mass is 16.5. The van der Waals surface area contributed by atoms with E-state index in [1.165, 1.54) is 0 Å². The Morgan fingerprint density at radius 2 is 1.92 bits per heavy atom. The molecule has 0 amide bonds. The Bertz CT molecular complexity index is 892. The van der Waals surface area contributed by atoms with Crippen LogP contribution >= 0.6 is 0 Å². The maximum atomic E-state index is 12.0. The van der Waals surface area contributed by atoms with E-state index in [1.807, 2.05) is 54.4 Å². The first-order chi connectivity index (χ1) is 12.6. The Balaban J connectivity index is 1.70. The molecule has 0 atom stereocenters. The second-order valence-corrected chi connectivity index (χ2v) is 6.08. The summed E-state index contributed by atoms with van der Waals surface area (Å²) in [5.74, 6) is 1.37. The zero-order valence-electron chi connectivity index (χ0n) is 15.0. The molecule has 2 heterocycles. The number of likely N-dealkylation sites (N-methyl/N-ethyl adjacent to an activating group) is 1. The number of aromatic nitrogens is 3. The molecule has 6 nitrogen and oxygen atoms in total. The van der Waals surface area contributed by atoms with Gasteiger partial charge in [-0.1, -0.05) is 18.2 Å². The Morgan fingerprint density at radius 3 is 2.62 bits per heavy atom. The fourth-order valence-corrected chi connectivity index (χ4v) is 2.65. The van der Waals surface area contributed by atoms with Crippen LogP contribution in [0.15, 0.2) is 59.5 Å². The van der Waals surface area contributed by atoms with Crippen molar-refractivity contribution in [1.82, 2.24) is 15.0 Å². The minimum Gasteiger partial charge on any atom is -0.497 e. The minimum absolute atomic E-state index is 0.150. The number of benzene rings is 1. The predicted octanol–water partition coefficient (Wildman–Crippen LogP) is 2.44. The van der Waals surface area contributed by atoms with Gasteiger partial charge in [0.15, 0.2) is 0 Å². The number of hydrogen-bond acceptors (Lipinski definition) is 5. The van der Waals surface area contributed by atoms with Gasteiger partial charge in [0.25, 0.3) is 5.56 Å². The Hall–Kier alpha value is -3.15. The molecule has 3 rings (SSSR count). The molecule has 0 aliphatic carbocycles. The largest absolute Gasteiger partial charge is 0.497 e. The molecule has 0 saturated heterocycles. The number of anilines is 1. The van der Waals surface area contributed by atoms with Gasteiger partial charge in [-0.05, 0) is 29.8 Å². The molecule has 0 aliphatic heterocycles. The van der Waals surface area contributed by atoms with Gasteiger partial charge in [0.05, 0.1) is 12.8 Å². The van der Waals surface area contributed by atoms with Crippen molar-refractivity contribution in [2.45, 2.75) is 12.8 Å². The molecule has 2 aromatic heterocycles. The lowest BCUT2D eigenvalue weighted by molar-refractivity contribution is 0.414. The molecule has 0 saturated carbocycles. The Morgan fingerprint density at radius 1 is 1.12 bits per heavy atom. The van der Waals surface area contributed by atoms with E-state index in [2.05, 4.69) is 15.0 Å². The van der Waals surface area contributed by atoms with Gasteiger partial charge in [-0.3, -0.25) is 14.8 Å². The molecular formula is C20H22N4O2. The van der Waals surface area contributed by atoms with E-state index in [0.717, 1.165) is 29.1 Å². The fraction of sp³-hybridized carbons (Fsp3) is 0.250. The van der Waals surface area contributed by atoms with Crippen molar-refractivity contribution in [3.05, 3.63) is 82.0 Å². The number of H-pyrrole nitrogens is 1. The zero-order chi connectivity index (χ0) is 18.4. The minimum atomic E-state index is -0.150. The summed E-state index contributed by atoms with van der Waals surface area (Å²) in [6.07, 6.45) is 3.16. The van der Waals surface area contributed by atoms with Crippen molar-refractivity contribution < 1.29 is 4.74 Å². The molecule has 3 aromatic rings. The van der Waals surface area contributed by atoms with Crippen LogP contribution in [0.1, 0.15) is 17.0 Å². The van der Waals surface area contributed by atoms with Gasteiger partial charge in [-0.2, -0.15) is 0 Å². The van der Waals surface area contributed by atoms with Gasteiger partial charge >= 0.3 is 0 Å². The first-order valence-corrected chi connectivity index (χ1v) is 8.48.